The highest BCUT2D eigenvalue weighted by molar-refractivity contribution is 5.96. The summed E-state index contributed by atoms with van der Waals surface area (Å²) in [5.74, 6) is 0.585. The number of methoxy groups -OCH3 is 1. The van der Waals surface area contributed by atoms with Gasteiger partial charge in [-0.25, -0.2) is 0 Å². The molecule has 2 aromatic carbocycles. The predicted molar refractivity (Wildman–Crippen MR) is 89.7 cm³/mol. The van der Waals surface area contributed by atoms with E-state index in [4.69, 9.17) is 4.74 Å². The Kier molecular flexibility index (Phi) is 3.59. The van der Waals surface area contributed by atoms with Crippen molar-refractivity contribution in [3.63, 3.8) is 0 Å². The van der Waals surface area contributed by atoms with Crippen LogP contribution in [0.5, 0.6) is 11.5 Å². The third-order valence-electron chi connectivity index (χ3n) is 3.72. The van der Waals surface area contributed by atoms with Crippen molar-refractivity contribution in [3.05, 3.63) is 48.7 Å². The number of hydrogen-bond acceptors (Lipinski definition) is 4. The van der Waals surface area contributed by atoms with Crippen LogP contribution in [0, 0.1) is 0 Å². The molecule has 1 heterocycles. The Morgan fingerprint density at radius 1 is 1.05 bits per heavy atom. The number of phenols is 1. The summed E-state index contributed by atoms with van der Waals surface area (Å²) in [7, 11) is 5.56. The van der Waals surface area contributed by atoms with E-state index in [1.165, 1.54) is 0 Å². The van der Waals surface area contributed by atoms with E-state index in [1.807, 2.05) is 38.4 Å². The number of rotatable bonds is 3. The molecule has 0 aliphatic carbocycles. The van der Waals surface area contributed by atoms with Crippen LogP contribution in [0.25, 0.3) is 22.0 Å². The quantitative estimate of drug-likeness (QED) is 0.800. The molecule has 0 atom stereocenters. The van der Waals surface area contributed by atoms with Crippen molar-refractivity contribution >= 4 is 16.5 Å². The third-order valence-corrected chi connectivity index (χ3v) is 3.72. The summed E-state index contributed by atoms with van der Waals surface area (Å²) in [6.45, 7) is 0. The fourth-order valence-corrected chi connectivity index (χ4v) is 2.50. The molecular formula is C18H18N2O2. The molecule has 4 heteroatoms. The molecule has 0 unspecified atom stereocenters. The molecule has 112 valence electrons. The van der Waals surface area contributed by atoms with E-state index < -0.39 is 0 Å². The molecule has 3 aromatic rings. The number of anilines is 1. The van der Waals surface area contributed by atoms with Crippen molar-refractivity contribution in [2.24, 2.45) is 0 Å². The molecule has 0 aliphatic rings. The summed E-state index contributed by atoms with van der Waals surface area (Å²) >= 11 is 0. The zero-order valence-corrected chi connectivity index (χ0v) is 12.9. The number of benzene rings is 2. The largest absolute Gasteiger partial charge is 0.504 e. The number of aromatic nitrogens is 1. The van der Waals surface area contributed by atoms with E-state index in [0.717, 1.165) is 27.7 Å². The average molecular weight is 294 g/mol. The van der Waals surface area contributed by atoms with Gasteiger partial charge in [-0.05, 0) is 35.7 Å². The second-order valence-corrected chi connectivity index (χ2v) is 5.35. The zero-order chi connectivity index (χ0) is 15.7. The first-order valence-electron chi connectivity index (χ1n) is 7.03. The van der Waals surface area contributed by atoms with Crippen molar-refractivity contribution in [2.45, 2.75) is 0 Å². The normalized spacial score (nSPS) is 10.7. The lowest BCUT2D eigenvalue weighted by molar-refractivity contribution is 0.374. The van der Waals surface area contributed by atoms with Gasteiger partial charge in [-0.15, -0.1) is 0 Å². The van der Waals surface area contributed by atoms with E-state index in [-0.39, 0.29) is 5.75 Å². The smallest absolute Gasteiger partial charge is 0.161 e. The Bertz CT molecular complexity index is 811. The molecule has 0 fully saturated rings. The summed E-state index contributed by atoms with van der Waals surface area (Å²) in [5.41, 5.74) is 3.00. The van der Waals surface area contributed by atoms with Gasteiger partial charge >= 0.3 is 0 Å². The maximum atomic E-state index is 10.0. The Morgan fingerprint density at radius 3 is 2.41 bits per heavy atom. The maximum Gasteiger partial charge on any atom is 0.161 e. The number of phenolic OH excluding ortho intramolecular Hbond substituents is 1. The Morgan fingerprint density at radius 2 is 1.77 bits per heavy atom. The van der Waals surface area contributed by atoms with Gasteiger partial charge in [-0.2, -0.15) is 0 Å². The number of ether oxygens (including phenoxy) is 1. The minimum Gasteiger partial charge on any atom is -0.504 e. The topological polar surface area (TPSA) is 45.6 Å². The van der Waals surface area contributed by atoms with E-state index in [1.54, 1.807) is 19.4 Å². The molecule has 0 bridgehead atoms. The molecule has 1 N–H and O–H groups in total. The lowest BCUT2D eigenvalue weighted by Gasteiger charge is -2.13. The summed E-state index contributed by atoms with van der Waals surface area (Å²) in [6, 6.07) is 13.6. The van der Waals surface area contributed by atoms with Gasteiger partial charge in [0.2, 0.25) is 0 Å². The van der Waals surface area contributed by atoms with Gasteiger partial charge in [0.25, 0.3) is 0 Å². The average Bonchev–Trinajstić information content (AvgIpc) is 2.53. The van der Waals surface area contributed by atoms with Crippen molar-refractivity contribution in [3.8, 4) is 22.8 Å². The van der Waals surface area contributed by atoms with Gasteiger partial charge in [0.05, 0.1) is 12.8 Å². The second-order valence-electron chi connectivity index (χ2n) is 5.35. The highest BCUT2D eigenvalue weighted by Gasteiger charge is 2.10. The van der Waals surface area contributed by atoms with Gasteiger partial charge in [0, 0.05) is 36.9 Å². The molecule has 0 amide bonds. The summed E-state index contributed by atoms with van der Waals surface area (Å²) < 4.78 is 5.16. The maximum absolute atomic E-state index is 10.0. The van der Waals surface area contributed by atoms with Crippen LogP contribution in [0.3, 0.4) is 0 Å². The number of nitrogens with zero attached hydrogens (tertiary/aromatic N) is 2. The second kappa shape index (κ2) is 5.56. The Labute approximate surface area is 129 Å². The van der Waals surface area contributed by atoms with Gasteiger partial charge in [0.15, 0.2) is 11.5 Å². The van der Waals surface area contributed by atoms with Gasteiger partial charge in [-0.3, -0.25) is 4.98 Å². The number of aromatic hydroxyl groups is 1. The molecule has 0 radical (unpaired) electrons. The molecule has 1 aromatic heterocycles. The first-order chi connectivity index (χ1) is 10.6. The van der Waals surface area contributed by atoms with Gasteiger partial charge in [0.1, 0.15) is 0 Å². The molecule has 0 saturated heterocycles. The van der Waals surface area contributed by atoms with Crippen LogP contribution in [0.1, 0.15) is 0 Å². The van der Waals surface area contributed by atoms with Crippen LogP contribution in [0.15, 0.2) is 48.7 Å². The molecule has 22 heavy (non-hydrogen) atoms. The highest BCUT2D eigenvalue weighted by Crippen LogP contribution is 2.35. The monoisotopic (exact) mass is 294 g/mol. The standard InChI is InChI=1S/C18H18N2O2/c1-20(2)14-6-4-12(5-7-14)18-15-11-16(21)17(22-3)10-13(15)8-9-19-18/h4-11,21H,1-3H3. The minimum absolute atomic E-state index is 0.120. The van der Waals surface area contributed by atoms with Crippen molar-refractivity contribution < 1.29 is 9.84 Å². The molecule has 0 spiro atoms. The lowest BCUT2D eigenvalue weighted by atomic mass is 10.0. The van der Waals surface area contributed by atoms with Crippen LogP contribution in [0.4, 0.5) is 5.69 Å². The first-order valence-corrected chi connectivity index (χ1v) is 7.03. The Balaban J connectivity index is 2.16. The van der Waals surface area contributed by atoms with E-state index in [9.17, 15) is 5.11 Å². The van der Waals surface area contributed by atoms with Crippen molar-refractivity contribution in [1.82, 2.24) is 4.98 Å². The van der Waals surface area contributed by atoms with Gasteiger partial charge in [-0.1, -0.05) is 12.1 Å². The van der Waals surface area contributed by atoms with Crippen LogP contribution in [0.2, 0.25) is 0 Å². The fourth-order valence-electron chi connectivity index (χ4n) is 2.50. The minimum atomic E-state index is 0.120. The molecule has 4 nitrogen and oxygen atoms in total. The highest BCUT2D eigenvalue weighted by atomic mass is 16.5. The van der Waals surface area contributed by atoms with E-state index >= 15 is 0 Å². The lowest BCUT2D eigenvalue weighted by Crippen LogP contribution is -2.07. The number of pyridine rings is 1. The first kappa shape index (κ1) is 14.2. The number of hydrogen-bond donors (Lipinski definition) is 1. The molecule has 0 aliphatic heterocycles. The molecule has 3 rings (SSSR count). The molecular weight excluding hydrogens is 276 g/mol. The zero-order valence-electron chi connectivity index (χ0n) is 12.9. The van der Waals surface area contributed by atoms with Crippen LogP contribution >= 0.6 is 0 Å². The third kappa shape index (κ3) is 2.44. The Hall–Kier alpha value is -2.75. The summed E-state index contributed by atoms with van der Waals surface area (Å²) in [6.07, 6.45) is 1.77. The predicted octanol–water partition coefficient (Wildman–Crippen LogP) is 3.68. The van der Waals surface area contributed by atoms with Crippen LogP contribution < -0.4 is 9.64 Å². The van der Waals surface area contributed by atoms with Crippen molar-refractivity contribution in [2.75, 3.05) is 26.1 Å². The van der Waals surface area contributed by atoms with E-state index in [2.05, 4.69) is 22.0 Å². The summed E-state index contributed by atoms with van der Waals surface area (Å²) in [4.78, 5) is 6.54. The van der Waals surface area contributed by atoms with Gasteiger partial charge < -0.3 is 14.7 Å². The summed E-state index contributed by atoms with van der Waals surface area (Å²) in [5, 5.41) is 11.9. The number of fused-ring (bicyclic) bond motifs is 1. The fraction of sp³-hybridized carbons (Fsp3) is 0.167. The van der Waals surface area contributed by atoms with Crippen molar-refractivity contribution in [1.29, 1.82) is 0 Å². The van der Waals surface area contributed by atoms with Crippen LogP contribution in [-0.2, 0) is 0 Å². The molecule has 0 saturated carbocycles. The van der Waals surface area contributed by atoms with Crippen LogP contribution in [-0.4, -0.2) is 31.3 Å². The van der Waals surface area contributed by atoms with E-state index in [0.29, 0.717) is 5.75 Å². The SMILES string of the molecule is COc1cc2ccnc(-c3ccc(N(C)C)cc3)c2cc1O.